The average molecular weight is 345 g/mol. The number of rotatable bonds is 2. The molecule has 0 N–H and O–H groups in total. The van der Waals surface area contributed by atoms with Crippen molar-refractivity contribution in [3.8, 4) is 0 Å². The first-order valence-electron chi connectivity index (χ1n) is 5.55. The average Bonchev–Trinajstić information content (AvgIpc) is 2.34. The lowest BCUT2D eigenvalue weighted by atomic mass is 10.0. The second kappa shape index (κ2) is 5.16. The molecule has 0 spiro atoms. The van der Waals surface area contributed by atoms with E-state index in [0.717, 1.165) is 17.7 Å². The highest BCUT2D eigenvalue weighted by atomic mass is 127. The third-order valence-electron chi connectivity index (χ3n) is 2.80. The van der Waals surface area contributed by atoms with Crippen molar-refractivity contribution in [2.45, 2.75) is 17.3 Å². The number of carbonyl (C=O) groups is 1. The number of benzene rings is 1. The van der Waals surface area contributed by atoms with Crippen LogP contribution in [0.2, 0.25) is 0 Å². The number of allylic oxidation sites excluding steroid dienone is 1. The minimum atomic E-state index is -0.258. The minimum absolute atomic E-state index is 0.0109. The molecule has 0 aromatic heterocycles. The molecular weight excluding hydrogens is 332 g/mol. The Bertz CT molecular complexity index is 455. The van der Waals surface area contributed by atoms with Gasteiger partial charge in [0.05, 0.1) is 3.92 Å². The first kappa shape index (κ1) is 12.5. The van der Waals surface area contributed by atoms with Crippen molar-refractivity contribution in [1.82, 2.24) is 4.90 Å². The predicted octanol–water partition coefficient (Wildman–Crippen LogP) is 3.22. The smallest absolute Gasteiger partial charge is 0.240 e. The van der Waals surface area contributed by atoms with Crippen molar-refractivity contribution in [3.05, 3.63) is 41.7 Å². The lowest BCUT2D eigenvalue weighted by Crippen LogP contribution is -2.37. The van der Waals surface area contributed by atoms with Gasteiger partial charge in [-0.2, -0.15) is 0 Å². The van der Waals surface area contributed by atoms with E-state index in [2.05, 4.69) is 28.7 Å². The van der Waals surface area contributed by atoms with Crippen LogP contribution in [-0.2, 0) is 4.79 Å². The highest BCUT2D eigenvalue weighted by molar-refractivity contribution is 14.1. The third-order valence-corrected chi connectivity index (χ3v) is 3.84. The Morgan fingerprint density at radius 2 is 2.06 bits per heavy atom. The number of halogens is 2. The molecule has 1 aromatic carbocycles. The Hall–Kier alpha value is -0.910. The zero-order valence-corrected chi connectivity index (χ0v) is 11.6. The van der Waals surface area contributed by atoms with Gasteiger partial charge in [0, 0.05) is 12.2 Å². The molecule has 1 aliphatic rings. The van der Waals surface area contributed by atoms with Crippen molar-refractivity contribution in [1.29, 1.82) is 0 Å². The third kappa shape index (κ3) is 2.51. The molecule has 1 aromatic rings. The van der Waals surface area contributed by atoms with Crippen LogP contribution in [0.3, 0.4) is 0 Å². The van der Waals surface area contributed by atoms with E-state index in [1.165, 1.54) is 12.1 Å². The molecule has 4 heteroatoms. The van der Waals surface area contributed by atoms with Gasteiger partial charge in [0.15, 0.2) is 0 Å². The van der Waals surface area contributed by atoms with Crippen LogP contribution in [-0.4, -0.2) is 21.3 Å². The van der Waals surface area contributed by atoms with Gasteiger partial charge >= 0.3 is 0 Å². The Morgan fingerprint density at radius 1 is 1.41 bits per heavy atom. The van der Waals surface area contributed by atoms with Crippen molar-refractivity contribution in [3.63, 3.8) is 0 Å². The van der Waals surface area contributed by atoms with Gasteiger partial charge in [-0.25, -0.2) is 4.39 Å². The van der Waals surface area contributed by atoms with Crippen LogP contribution in [0.15, 0.2) is 30.3 Å². The Balaban J connectivity index is 2.36. The van der Waals surface area contributed by atoms with Crippen LogP contribution >= 0.6 is 22.6 Å². The zero-order valence-electron chi connectivity index (χ0n) is 9.49. The van der Waals surface area contributed by atoms with E-state index in [9.17, 15) is 9.18 Å². The SMILES string of the molecule is CCN1C(=O)C(I)CC=C1c1ccc(F)cc1. The predicted molar refractivity (Wildman–Crippen MR) is 74.2 cm³/mol. The summed E-state index contributed by atoms with van der Waals surface area (Å²) in [6.45, 7) is 2.59. The molecule has 1 aliphatic heterocycles. The van der Waals surface area contributed by atoms with Gasteiger partial charge in [-0.15, -0.1) is 0 Å². The van der Waals surface area contributed by atoms with Crippen LogP contribution in [0.5, 0.6) is 0 Å². The molecule has 0 radical (unpaired) electrons. The van der Waals surface area contributed by atoms with Crippen molar-refractivity contribution < 1.29 is 9.18 Å². The monoisotopic (exact) mass is 345 g/mol. The summed E-state index contributed by atoms with van der Waals surface area (Å²) >= 11 is 2.16. The summed E-state index contributed by atoms with van der Waals surface area (Å²) in [5.41, 5.74) is 1.79. The number of hydrogen-bond donors (Lipinski definition) is 0. The van der Waals surface area contributed by atoms with Crippen molar-refractivity contribution in [2.24, 2.45) is 0 Å². The maximum absolute atomic E-state index is 12.9. The highest BCUT2D eigenvalue weighted by Gasteiger charge is 2.27. The Morgan fingerprint density at radius 3 is 2.65 bits per heavy atom. The topological polar surface area (TPSA) is 20.3 Å². The standard InChI is InChI=1S/C13H13FINO/c1-2-16-12(8-7-11(15)13(16)17)9-3-5-10(14)6-4-9/h3-6,8,11H,2,7H2,1H3. The number of alkyl halides is 1. The molecule has 0 bridgehead atoms. The quantitative estimate of drug-likeness (QED) is 0.595. The van der Waals surface area contributed by atoms with Crippen LogP contribution in [0.25, 0.3) is 5.70 Å². The molecule has 90 valence electrons. The maximum atomic E-state index is 12.9. The molecule has 17 heavy (non-hydrogen) atoms. The van der Waals surface area contributed by atoms with Gasteiger partial charge < -0.3 is 4.90 Å². The van der Waals surface area contributed by atoms with Gasteiger partial charge in [-0.1, -0.05) is 28.7 Å². The number of amides is 1. The van der Waals surface area contributed by atoms with Gasteiger partial charge in [-0.3, -0.25) is 4.79 Å². The second-order valence-electron chi connectivity index (χ2n) is 3.88. The van der Waals surface area contributed by atoms with Gasteiger partial charge in [0.25, 0.3) is 0 Å². The molecule has 0 fully saturated rings. The van der Waals surface area contributed by atoms with E-state index >= 15 is 0 Å². The van der Waals surface area contributed by atoms with E-state index in [4.69, 9.17) is 0 Å². The van der Waals surface area contributed by atoms with Gasteiger partial charge in [0.1, 0.15) is 5.82 Å². The number of carbonyl (C=O) groups excluding carboxylic acids is 1. The molecule has 0 saturated carbocycles. The first-order valence-corrected chi connectivity index (χ1v) is 6.79. The fourth-order valence-corrected chi connectivity index (χ4v) is 2.52. The Labute approximate surface area is 114 Å². The van der Waals surface area contributed by atoms with Crippen molar-refractivity contribution in [2.75, 3.05) is 6.54 Å². The minimum Gasteiger partial charge on any atom is -0.312 e. The largest absolute Gasteiger partial charge is 0.312 e. The zero-order chi connectivity index (χ0) is 12.4. The molecule has 1 atom stereocenters. The summed E-state index contributed by atoms with van der Waals surface area (Å²) in [4.78, 5) is 13.8. The summed E-state index contributed by atoms with van der Waals surface area (Å²) in [7, 11) is 0. The van der Waals surface area contributed by atoms with Crippen LogP contribution in [0.4, 0.5) is 4.39 Å². The molecule has 2 nitrogen and oxygen atoms in total. The molecule has 2 rings (SSSR count). The molecular formula is C13H13FINO. The van der Waals surface area contributed by atoms with Crippen LogP contribution in [0.1, 0.15) is 18.9 Å². The summed E-state index contributed by atoms with van der Waals surface area (Å²) in [6, 6.07) is 6.27. The van der Waals surface area contributed by atoms with E-state index in [0.29, 0.717) is 6.54 Å². The number of hydrogen-bond acceptors (Lipinski definition) is 1. The van der Waals surface area contributed by atoms with Crippen LogP contribution in [0, 0.1) is 5.82 Å². The van der Waals surface area contributed by atoms with Gasteiger partial charge in [-0.05, 0) is 43.2 Å². The lowest BCUT2D eigenvalue weighted by molar-refractivity contribution is -0.127. The molecule has 0 aliphatic carbocycles. The highest BCUT2D eigenvalue weighted by Crippen LogP contribution is 2.28. The van der Waals surface area contributed by atoms with E-state index in [1.807, 2.05) is 6.92 Å². The fraction of sp³-hybridized carbons (Fsp3) is 0.308. The molecule has 0 saturated heterocycles. The van der Waals surface area contributed by atoms with E-state index < -0.39 is 0 Å². The Kier molecular flexibility index (Phi) is 3.81. The molecule has 1 amide bonds. The lowest BCUT2D eigenvalue weighted by Gasteiger charge is -2.30. The van der Waals surface area contributed by atoms with E-state index in [1.54, 1.807) is 17.0 Å². The molecule has 1 unspecified atom stereocenters. The van der Waals surface area contributed by atoms with Crippen molar-refractivity contribution >= 4 is 34.2 Å². The summed E-state index contributed by atoms with van der Waals surface area (Å²) in [6.07, 6.45) is 2.79. The van der Waals surface area contributed by atoms with E-state index in [-0.39, 0.29) is 15.6 Å². The second-order valence-corrected chi connectivity index (χ2v) is 5.39. The van der Waals surface area contributed by atoms with Crippen LogP contribution < -0.4 is 0 Å². The fourth-order valence-electron chi connectivity index (χ4n) is 1.93. The normalized spacial score (nSPS) is 20.4. The summed E-state index contributed by atoms with van der Waals surface area (Å²) < 4.78 is 12.9. The summed E-state index contributed by atoms with van der Waals surface area (Å²) in [5, 5.41) is 0. The van der Waals surface area contributed by atoms with Gasteiger partial charge in [0.2, 0.25) is 5.91 Å². The molecule has 1 heterocycles. The number of nitrogens with zero attached hydrogens (tertiary/aromatic N) is 1. The summed E-state index contributed by atoms with van der Waals surface area (Å²) in [5.74, 6) is -0.124. The maximum Gasteiger partial charge on any atom is 0.240 e. The first-order chi connectivity index (χ1) is 8.13.